The molecule has 0 aromatic carbocycles. The molecule has 0 aliphatic rings. The number of rotatable bonds is 4. The van der Waals surface area contributed by atoms with Gasteiger partial charge in [-0.1, -0.05) is 13.8 Å². The number of alkyl halides is 3. The topological polar surface area (TPSA) is 24.9 Å². The lowest BCUT2D eigenvalue weighted by Crippen LogP contribution is -2.30. The lowest BCUT2D eigenvalue weighted by atomic mass is 10.1. The van der Waals surface area contributed by atoms with E-state index in [0.29, 0.717) is 17.5 Å². The predicted octanol–water partition coefficient (Wildman–Crippen LogP) is 3.30. The lowest BCUT2D eigenvalue weighted by Gasteiger charge is -2.16. The molecule has 1 atom stereocenters. The van der Waals surface area contributed by atoms with Crippen LogP contribution >= 0.6 is 11.3 Å². The molecule has 16 heavy (non-hydrogen) atoms. The van der Waals surface area contributed by atoms with Crippen LogP contribution in [0, 0.1) is 5.92 Å². The summed E-state index contributed by atoms with van der Waals surface area (Å²) in [6, 6.07) is 0.262. The molecular formula is C10H15F3N2S. The van der Waals surface area contributed by atoms with Gasteiger partial charge in [-0.05, 0) is 12.8 Å². The van der Waals surface area contributed by atoms with Gasteiger partial charge in [-0.3, -0.25) is 0 Å². The molecule has 0 amide bonds. The van der Waals surface area contributed by atoms with Gasteiger partial charge >= 0.3 is 6.18 Å². The molecule has 92 valence electrons. The Kier molecular flexibility index (Phi) is 4.32. The van der Waals surface area contributed by atoms with Gasteiger partial charge in [0.25, 0.3) is 0 Å². The van der Waals surface area contributed by atoms with Crippen LogP contribution in [0.1, 0.15) is 31.5 Å². The van der Waals surface area contributed by atoms with E-state index in [9.17, 15) is 13.2 Å². The molecule has 6 heteroatoms. The van der Waals surface area contributed by atoms with Crippen LogP contribution in [0.5, 0.6) is 0 Å². The van der Waals surface area contributed by atoms with E-state index in [2.05, 4.69) is 24.1 Å². The molecular weight excluding hydrogens is 237 g/mol. The number of aromatic nitrogens is 1. The third-order valence-electron chi connectivity index (χ3n) is 2.42. The summed E-state index contributed by atoms with van der Waals surface area (Å²) in [5.41, 5.74) is -0.800. The maximum absolute atomic E-state index is 12.3. The SMILES string of the molecule is CC(C)C(C)NCc1nc(C(F)(F)F)cs1. The van der Waals surface area contributed by atoms with Crippen LogP contribution < -0.4 is 5.32 Å². The Morgan fingerprint density at radius 2 is 2.00 bits per heavy atom. The second-order valence-electron chi connectivity index (χ2n) is 4.04. The quantitative estimate of drug-likeness (QED) is 0.889. The molecule has 1 N–H and O–H groups in total. The maximum Gasteiger partial charge on any atom is 0.434 e. The second-order valence-corrected chi connectivity index (χ2v) is 4.98. The summed E-state index contributed by atoms with van der Waals surface area (Å²) in [6.45, 7) is 6.50. The Morgan fingerprint density at radius 1 is 1.38 bits per heavy atom. The van der Waals surface area contributed by atoms with Crippen molar-refractivity contribution in [3.8, 4) is 0 Å². The lowest BCUT2D eigenvalue weighted by molar-refractivity contribution is -0.140. The molecule has 0 bridgehead atoms. The number of thiazole rings is 1. The molecule has 0 fully saturated rings. The Labute approximate surface area is 96.9 Å². The Balaban J connectivity index is 2.53. The summed E-state index contributed by atoms with van der Waals surface area (Å²) in [5, 5.41) is 4.67. The van der Waals surface area contributed by atoms with Crippen LogP contribution in [0.2, 0.25) is 0 Å². The van der Waals surface area contributed by atoms with E-state index in [1.807, 2.05) is 6.92 Å². The summed E-state index contributed by atoms with van der Waals surface area (Å²) < 4.78 is 36.8. The van der Waals surface area contributed by atoms with Crippen LogP contribution in [-0.2, 0) is 12.7 Å². The van der Waals surface area contributed by atoms with E-state index < -0.39 is 11.9 Å². The van der Waals surface area contributed by atoms with Crippen LogP contribution in [0.3, 0.4) is 0 Å². The average Bonchev–Trinajstić information content (AvgIpc) is 2.61. The molecule has 1 aromatic heterocycles. The minimum absolute atomic E-state index is 0.262. The van der Waals surface area contributed by atoms with Gasteiger partial charge in [-0.2, -0.15) is 13.2 Å². The van der Waals surface area contributed by atoms with Gasteiger partial charge in [-0.25, -0.2) is 4.98 Å². The molecule has 1 heterocycles. The van der Waals surface area contributed by atoms with Crippen molar-refractivity contribution < 1.29 is 13.2 Å². The summed E-state index contributed by atoms with van der Waals surface area (Å²) in [5.74, 6) is 0.446. The zero-order valence-corrected chi connectivity index (χ0v) is 10.2. The first-order valence-electron chi connectivity index (χ1n) is 5.05. The zero-order chi connectivity index (χ0) is 12.3. The largest absolute Gasteiger partial charge is 0.434 e. The van der Waals surface area contributed by atoms with Gasteiger partial charge in [0.15, 0.2) is 5.69 Å². The molecule has 0 radical (unpaired) electrons. The molecule has 0 aliphatic heterocycles. The number of hydrogen-bond acceptors (Lipinski definition) is 3. The van der Waals surface area contributed by atoms with Crippen LogP contribution in [0.4, 0.5) is 13.2 Å². The van der Waals surface area contributed by atoms with Crippen LogP contribution in [0.15, 0.2) is 5.38 Å². The first kappa shape index (κ1) is 13.4. The van der Waals surface area contributed by atoms with E-state index >= 15 is 0 Å². The van der Waals surface area contributed by atoms with E-state index in [1.54, 1.807) is 0 Å². The van der Waals surface area contributed by atoms with E-state index in [0.717, 1.165) is 16.7 Å². The van der Waals surface area contributed by atoms with Gasteiger partial charge in [0.2, 0.25) is 0 Å². The minimum atomic E-state index is -4.33. The fourth-order valence-corrected chi connectivity index (χ4v) is 1.76. The maximum atomic E-state index is 12.3. The Bertz CT molecular complexity index is 333. The summed E-state index contributed by atoms with van der Waals surface area (Å²) >= 11 is 1.04. The molecule has 1 aromatic rings. The van der Waals surface area contributed by atoms with Gasteiger partial charge < -0.3 is 5.32 Å². The molecule has 0 spiro atoms. The van der Waals surface area contributed by atoms with Gasteiger partial charge in [0.05, 0.1) is 0 Å². The molecule has 1 rings (SSSR count). The molecule has 1 unspecified atom stereocenters. The highest BCUT2D eigenvalue weighted by Gasteiger charge is 2.33. The Morgan fingerprint density at radius 3 is 2.44 bits per heavy atom. The number of nitrogens with zero attached hydrogens (tertiary/aromatic N) is 1. The highest BCUT2D eigenvalue weighted by Crippen LogP contribution is 2.29. The first-order chi connectivity index (χ1) is 7.30. The van der Waals surface area contributed by atoms with Crippen molar-refractivity contribution in [2.24, 2.45) is 5.92 Å². The van der Waals surface area contributed by atoms with Crippen molar-refractivity contribution >= 4 is 11.3 Å². The average molecular weight is 252 g/mol. The second kappa shape index (κ2) is 5.14. The number of hydrogen-bond donors (Lipinski definition) is 1. The van der Waals surface area contributed by atoms with Crippen molar-refractivity contribution in [1.29, 1.82) is 0 Å². The van der Waals surface area contributed by atoms with Crippen molar-refractivity contribution in [2.45, 2.75) is 39.5 Å². The zero-order valence-electron chi connectivity index (χ0n) is 9.43. The number of nitrogens with one attached hydrogen (secondary N) is 1. The molecule has 0 saturated heterocycles. The van der Waals surface area contributed by atoms with Crippen molar-refractivity contribution in [3.63, 3.8) is 0 Å². The third-order valence-corrected chi connectivity index (χ3v) is 3.27. The number of halogens is 3. The normalized spacial score (nSPS) is 14.4. The van der Waals surface area contributed by atoms with E-state index in [1.165, 1.54) is 0 Å². The predicted molar refractivity (Wildman–Crippen MR) is 58.3 cm³/mol. The van der Waals surface area contributed by atoms with Crippen molar-refractivity contribution in [1.82, 2.24) is 10.3 Å². The summed E-state index contributed by atoms with van der Waals surface area (Å²) in [6.07, 6.45) is -4.33. The first-order valence-corrected chi connectivity index (χ1v) is 5.93. The fourth-order valence-electron chi connectivity index (χ4n) is 1.01. The van der Waals surface area contributed by atoms with Crippen molar-refractivity contribution in [3.05, 3.63) is 16.1 Å². The standard InChI is InChI=1S/C10H15F3N2S/c1-6(2)7(3)14-4-9-15-8(5-16-9)10(11,12)13/h5-7,14H,4H2,1-3H3. The monoisotopic (exact) mass is 252 g/mol. The molecule has 0 saturated carbocycles. The highest BCUT2D eigenvalue weighted by molar-refractivity contribution is 7.09. The smallest absolute Gasteiger partial charge is 0.308 e. The van der Waals surface area contributed by atoms with Crippen molar-refractivity contribution in [2.75, 3.05) is 0 Å². The van der Waals surface area contributed by atoms with Crippen LogP contribution in [-0.4, -0.2) is 11.0 Å². The highest BCUT2D eigenvalue weighted by atomic mass is 32.1. The molecule has 2 nitrogen and oxygen atoms in total. The van der Waals surface area contributed by atoms with Gasteiger partial charge in [0.1, 0.15) is 5.01 Å². The Hall–Kier alpha value is -0.620. The summed E-state index contributed by atoms with van der Waals surface area (Å²) in [4.78, 5) is 3.54. The third kappa shape index (κ3) is 3.75. The fraction of sp³-hybridized carbons (Fsp3) is 0.700. The minimum Gasteiger partial charge on any atom is -0.308 e. The molecule has 0 aliphatic carbocycles. The van der Waals surface area contributed by atoms with Gasteiger partial charge in [0, 0.05) is 18.0 Å². The van der Waals surface area contributed by atoms with E-state index in [-0.39, 0.29) is 6.04 Å². The summed E-state index contributed by atoms with van der Waals surface area (Å²) in [7, 11) is 0. The van der Waals surface area contributed by atoms with Gasteiger partial charge in [-0.15, -0.1) is 11.3 Å². The van der Waals surface area contributed by atoms with E-state index in [4.69, 9.17) is 0 Å². The van der Waals surface area contributed by atoms with Crippen LogP contribution in [0.25, 0.3) is 0 Å².